The summed E-state index contributed by atoms with van der Waals surface area (Å²) in [4.78, 5) is 19.4. The Kier molecular flexibility index (Phi) is 58.2. The minimum absolute atomic E-state index is 0. The molecule has 2 saturated heterocycles. The van der Waals surface area contributed by atoms with E-state index in [4.69, 9.17) is 9.47 Å². The molecule has 0 saturated carbocycles. The fraction of sp³-hybridized carbons (Fsp3) is 0.750. The number of hydrogen-bond donors (Lipinski definition) is 0. The van der Waals surface area contributed by atoms with Gasteiger partial charge in [0.1, 0.15) is 0 Å². The molecule has 0 N–H and O–H groups in total. The SMILES string of the molecule is C1CCOC1.C1CCOC1.[Br-].[Br-].[CH2-]C(=O)OCC.[CH2-]C(=O)OCC.[Zn+2].[Zn+2]. The summed E-state index contributed by atoms with van der Waals surface area (Å²) >= 11 is 0. The number of esters is 2. The minimum Gasteiger partial charge on any atom is -1.00 e. The predicted octanol–water partition coefficient (Wildman–Crippen LogP) is -3.64. The van der Waals surface area contributed by atoms with E-state index in [0.29, 0.717) is 13.2 Å². The second-order valence-electron chi connectivity index (χ2n) is 4.25. The molecule has 0 bridgehead atoms. The Hall–Kier alpha value is 0.807. The molecule has 0 atom stereocenters. The molecule has 0 radical (unpaired) electrons. The van der Waals surface area contributed by atoms with Crippen molar-refractivity contribution in [2.24, 2.45) is 0 Å². The summed E-state index contributed by atoms with van der Waals surface area (Å²) in [5.41, 5.74) is 0. The van der Waals surface area contributed by atoms with Crippen molar-refractivity contribution in [2.45, 2.75) is 39.5 Å². The molecule has 2 aliphatic rings. The van der Waals surface area contributed by atoms with Crippen LogP contribution in [0.2, 0.25) is 0 Å². The molecule has 0 aliphatic carbocycles. The van der Waals surface area contributed by atoms with Crippen molar-refractivity contribution >= 4 is 11.9 Å². The van der Waals surface area contributed by atoms with Gasteiger partial charge in [0.05, 0.1) is 13.2 Å². The van der Waals surface area contributed by atoms with Gasteiger partial charge in [-0.2, -0.15) is 0 Å². The maximum atomic E-state index is 9.71. The molecular formula is C16H30Br2O6Zn2. The molecule has 2 aliphatic heterocycles. The van der Waals surface area contributed by atoms with E-state index in [9.17, 15) is 9.59 Å². The number of carbonyl (C=O) groups excluding carboxylic acids is 2. The summed E-state index contributed by atoms with van der Waals surface area (Å²) in [6.45, 7) is 14.3. The van der Waals surface area contributed by atoms with Gasteiger partial charge in [-0.3, -0.25) is 23.4 Å². The number of halogens is 2. The average molecular weight is 609 g/mol. The zero-order chi connectivity index (χ0) is 17.1. The summed E-state index contributed by atoms with van der Waals surface area (Å²) in [5, 5.41) is 0. The molecule has 2 heterocycles. The normalized spacial score (nSPS) is 12.7. The molecule has 0 aromatic rings. The summed E-state index contributed by atoms with van der Waals surface area (Å²) in [6, 6.07) is 0. The van der Waals surface area contributed by atoms with Crippen molar-refractivity contribution in [1.29, 1.82) is 0 Å². The molecule has 0 unspecified atom stereocenters. The van der Waals surface area contributed by atoms with Gasteiger partial charge >= 0.3 is 39.0 Å². The van der Waals surface area contributed by atoms with Crippen LogP contribution < -0.4 is 34.0 Å². The maximum absolute atomic E-state index is 9.71. The van der Waals surface area contributed by atoms with Crippen molar-refractivity contribution in [3.63, 3.8) is 0 Å². The molecule has 2 fully saturated rings. The second kappa shape index (κ2) is 36.7. The zero-order valence-corrected chi connectivity index (χ0v) is 25.2. The van der Waals surface area contributed by atoms with Crippen LogP contribution in [-0.2, 0) is 67.5 Å². The van der Waals surface area contributed by atoms with E-state index >= 15 is 0 Å². The first-order valence-electron chi connectivity index (χ1n) is 7.67. The predicted molar refractivity (Wildman–Crippen MR) is 84.1 cm³/mol. The van der Waals surface area contributed by atoms with Gasteiger partial charge in [-0.25, -0.2) is 0 Å². The second-order valence-corrected chi connectivity index (χ2v) is 4.25. The van der Waals surface area contributed by atoms with Gasteiger partial charge < -0.3 is 52.9 Å². The Morgan fingerprint density at radius 1 is 0.731 bits per heavy atom. The van der Waals surface area contributed by atoms with E-state index in [1.165, 1.54) is 25.7 Å². The third kappa shape index (κ3) is 49.8. The van der Waals surface area contributed by atoms with Crippen molar-refractivity contribution < 1.29 is 101 Å². The first kappa shape index (κ1) is 41.2. The fourth-order valence-corrected chi connectivity index (χ4v) is 1.34. The average Bonchev–Trinajstić information content (AvgIpc) is 3.19. The van der Waals surface area contributed by atoms with Crippen molar-refractivity contribution in [3.8, 4) is 0 Å². The summed E-state index contributed by atoms with van der Waals surface area (Å²) in [6.07, 6.45) is 5.11. The summed E-state index contributed by atoms with van der Waals surface area (Å²) in [7, 11) is 0. The van der Waals surface area contributed by atoms with Crippen LogP contribution >= 0.6 is 0 Å². The molecule has 10 heteroatoms. The molecule has 148 valence electrons. The standard InChI is InChI=1S/2C4H7O2.2C4H8O.2BrH.2Zn/c2*1-3-6-4(2)5;2*1-2-4-5-3-1;;;;/h2*2-3H2,1H3;2*1-4H2;2*1H;;/q2*-1;;;;;2*+2/p-2. The first-order valence-corrected chi connectivity index (χ1v) is 7.67. The van der Waals surface area contributed by atoms with E-state index < -0.39 is 11.9 Å². The van der Waals surface area contributed by atoms with Gasteiger partial charge in [0, 0.05) is 26.4 Å². The van der Waals surface area contributed by atoms with Crippen LogP contribution in [0, 0.1) is 13.8 Å². The quantitative estimate of drug-likeness (QED) is 0.183. The van der Waals surface area contributed by atoms with Crippen molar-refractivity contribution in [3.05, 3.63) is 13.8 Å². The van der Waals surface area contributed by atoms with Gasteiger partial charge in [-0.15, -0.1) is 0 Å². The summed E-state index contributed by atoms with van der Waals surface area (Å²) in [5.74, 6) is -0.921. The number of rotatable bonds is 2. The van der Waals surface area contributed by atoms with Crippen LogP contribution in [0.4, 0.5) is 0 Å². The Balaban J connectivity index is -0.0000000488. The van der Waals surface area contributed by atoms with Gasteiger partial charge in [-0.1, -0.05) is 0 Å². The minimum atomic E-state index is -0.461. The number of hydrogen-bond acceptors (Lipinski definition) is 6. The molecule has 26 heavy (non-hydrogen) atoms. The number of ether oxygens (including phenoxy) is 4. The first-order chi connectivity index (χ1) is 10.5. The van der Waals surface area contributed by atoms with Gasteiger partial charge in [-0.05, 0) is 39.5 Å². The van der Waals surface area contributed by atoms with Gasteiger partial charge in [0.2, 0.25) is 0 Å². The van der Waals surface area contributed by atoms with Crippen molar-refractivity contribution in [2.75, 3.05) is 39.6 Å². The molecule has 0 amide bonds. The van der Waals surface area contributed by atoms with Crippen LogP contribution in [-0.4, -0.2) is 51.6 Å². The summed E-state index contributed by atoms with van der Waals surface area (Å²) < 4.78 is 18.5. The molecule has 0 aromatic heterocycles. The zero-order valence-electron chi connectivity index (χ0n) is 16.1. The molecule has 6 nitrogen and oxygen atoms in total. The largest absolute Gasteiger partial charge is 2.00 e. The molecular weight excluding hydrogens is 579 g/mol. The van der Waals surface area contributed by atoms with Crippen LogP contribution in [0.25, 0.3) is 0 Å². The smallest absolute Gasteiger partial charge is 1.00 e. The third-order valence-corrected chi connectivity index (χ3v) is 2.27. The molecule has 2 rings (SSSR count). The Labute approximate surface area is 205 Å². The topological polar surface area (TPSA) is 71.1 Å². The van der Waals surface area contributed by atoms with Gasteiger partial charge in [0.15, 0.2) is 11.9 Å². The van der Waals surface area contributed by atoms with Crippen molar-refractivity contribution in [1.82, 2.24) is 0 Å². The number of carbonyl (C=O) groups is 2. The van der Waals surface area contributed by atoms with E-state index in [-0.39, 0.29) is 72.9 Å². The van der Waals surface area contributed by atoms with E-state index in [0.717, 1.165) is 26.4 Å². The van der Waals surface area contributed by atoms with E-state index in [1.54, 1.807) is 13.8 Å². The monoisotopic (exact) mass is 604 g/mol. The van der Waals surface area contributed by atoms with E-state index in [1.807, 2.05) is 0 Å². The van der Waals surface area contributed by atoms with Crippen LogP contribution in [0.15, 0.2) is 0 Å². The Bertz CT molecular complexity index is 226. The third-order valence-electron chi connectivity index (χ3n) is 2.27. The van der Waals surface area contributed by atoms with Crippen LogP contribution in [0.5, 0.6) is 0 Å². The molecule has 0 aromatic carbocycles. The van der Waals surface area contributed by atoms with Crippen LogP contribution in [0.3, 0.4) is 0 Å². The van der Waals surface area contributed by atoms with Gasteiger partial charge in [0.25, 0.3) is 0 Å². The Morgan fingerprint density at radius 3 is 1.00 bits per heavy atom. The molecule has 0 spiro atoms. The Morgan fingerprint density at radius 2 is 0.962 bits per heavy atom. The van der Waals surface area contributed by atoms with E-state index in [2.05, 4.69) is 23.3 Å². The maximum Gasteiger partial charge on any atom is 2.00 e. The fourth-order valence-electron chi connectivity index (χ4n) is 1.34. The van der Waals surface area contributed by atoms with Crippen LogP contribution in [0.1, 0.15) is 39.5 Å².